The van der Waals surface area contributed by atoms with E-state index in [1.807, 2.05) is 29.7 Å². The molecule has 0 radical (unpaired) electrons. The van der Waals surface area contributed by atoms with E-state index < -0.39 is 0 Å². The second-order valence-corrected chi connectivity index (χ2v) is 5.17. The molecule has 0 spiro atoms. The van der Waals surface area contributed by atoms with Crippen molar-refractivity contribution in [2.75, 3.05) is 14.2 Å². The fourth-order valence-corrected chi connectivity index (χ4v) is 2.44. The van der Waals surface area contributed by atoms with E-state index in [-0.39, 0.29) is 12.1 Å². The van der Waals surface area contributed by atoms with Gasteiger partial charge >= 0.3 is 0 Å². The zero-order valence-corrected chi connectivity index (χ0v) is 13.0. The molecule has 6 heteroatoms. The second-order valence-electron chi connectivity index (χ2n) is 5.17. The van der Waals surface area contributed by atoms with E-state index in [1.54, 1.807) is 13.3 Å². The summed E-state index contributed by atoms with van der Waals surface area (Å²) in [4.78, 5) is 0. The van der Waals surface area contributed by atoms with Crippen molar-refractivity contribution >= 4 is 0 Å². The van der Waals surface area contributed by atoms with Gasteiger partial charge in [-0.2, -0.15) is 10.2 Å². The third-order valence-electron chi connectivity index (χ3n) is 3.65. The SMILES string of the molecule is CNC(c1cnn(C)c1C)c1c(OC)cnn1C(C)C. The summed E-state index contributed by atoms with van der Waals surface area (Å²) in [6.45, 7) is 6.28. The van der Waals surface area contributed by atoms with E-state index in [0.717, 1.165) is 22.7 Å². The lowest BCUT2D eigenvalue weighted by Gasteiger charge is -2.21. The van der Waals surface area contributed by atoms with Gasteiger partial charge in [0.1, 0.15) is 5.69 Å². The van der Waals surface area contributed by atoms with Gasteiger partial charge in [0.15, 0.2) is 5.75 Å². The van der Waals surface area contributed by atoms with E-state index in [0.29, 0.717) is 0 Å². The molecule has 1 unspecified atom stereocenters. The number of aryl methyl sites for hydroxylation is 1. The molecule has 110 valence electrons. The second kappa shape index (κ2) is 5.66. The number of ether oxygens (including phenoxy) is 1. The van der Waals surface area contributed by atoms with E-state index in [4.69, 9.17) is 4.74 Å². The molecule has 0 fully saturated rings. The molecular weight excluding hydrogens is 254 g/mol. The predicted molar refractivity (Wildman–Crippen MR) is 78.0 cm³/mol. The van der Waals surface area contributed by atoms with Gasteiger partial charge in [0.25, 0.3) is 0 Å². The van der Waals surface area contributed by atoms with Crippen molar-refractivity contribution in [3.8, 4) is 5.75 Å². The first-order valence-corrected chi connectivity index (χ1v) is 6.78. The van der Waals surface area contributed by atoms with Gasteiger partial charge in [0, 0.05) is 24.3 Å². The van der Waals surface area contributed by atoms with Crippen LogP contribution in [0.4, 0.5) is 0 Å². The van der Waals surface area contributed by atoms with Gasteiger partial charge in [-0.1, -0.05) is 0 Å². The quantitative estimate of drug-likeness (QED) is 0.906. The van der Waals surface area contributed by atoms with Gasteiger partial charge in [-0.3, -0.25) is 9.36 Å². The van der Waals surface area contributed by atoms with Crippen molar-refractivity contribution in [1.29, 1.82) is 0 Å². The number of nitrogens with zero attached hydrogens (tertiary/aromatic N) is 4. The van der Waals surface area contributed by atoms with Crippen LogP contribution < -0.4 is 10.1 Å². The minimum Gasteiger partial charge on any atom is -0.493 e. The molecule has 2 aromatic heterocycles. The lowest BCUT2D eigenvalue weighted by molar-refractivity contribution is 0.396. The number of aromatic nitrogens is 4. The van der Waals surface area contributed by atoms with Crippen molar-refractivity contribution < 1.29 is 4.74 Å². The monoisotopic (exact) mass is 277 g/mol. The standard InChI is InChI=1S/C14H23N5O/c1-9(2)19-14(12(20-6)8-17-19)13(15-4)11-7-16-18(5)10(11)3/h7-9,13,15H,1-6H3. The van der Waals surface area contributed by atoms with Crippen molar-refractivity contribution in [1.82, 2.24) is 24.9 Å². The Balaban J connectivity index is 2.57. The first kappa shape index (κ1) is 14.6. The molecule has 0 amide bonds. The maximum Gasteiger partial charge on any atom is 0.161 e. The lowest BCUT2D eigenvalue weighted by atomic mass is 10.0. The van der Waals surface area contributed by atoms with Crippen LogP contribution in [0.2, 0.25) is 0 Å². The summed E-state index contributed by atoms with van der Waals surface area (Å²) in [5.41, 5.74) is 3.29. The number of hydrogen-bond donors (Lipinski definition) is 1. The molecule has 2 heterocycles. The van der Waals surface area contributed by atoms with Crippen LogP contribution in [-0.2, 0) is 7.05 Å². The van der Waals surface area contributed by atoms with E-state index >= 15 is 0 Å². The van der Waals surface area contributed by atoms with Gasteiger partial charge in [-0.25, -0.2) is 0 Å². The maximum atomic E-state index is 5.48. The predicted octanol–water partition coefficient (Wildman–Crippen LogP) is 1.82. The molecule has 6 nitrogen and oxygen atoms in total. The topological polar surface area (TPSA) is 56.9 Å². The molecular formula is C14H23N5O. The highest BCUT2D eigenvalue weighted by molar-refractivity contribution is 5.37. The Morgan fingerprint density at radius 1 is 1.25 bits per heavy atom. The molecule has 0 saturated carbocycles. The molecule has 0 aliphatic heterocycles. The van der Waals surface area contributed by atoms with Crippen molar-refractivity contribution in [2.45, 2.75) is 32.9 Å². The third kappa shape index (κ3) is 2.31. The van der Waals surface area contributed by atoms with Crippen molar-refractivity contribution in [3.63, 3.8) is 0 Å². The zero-order valence-electron chi connectivity index (χ0n) is 13.0. The number of rotatable bonds is 5. The van der Waals surface area contributed by atoms with Crippen LogP contribution in [0.25, 0.3) is 0 Å². The first-order valence-electron chi connectivity index (χ1n) is 6.78. The highest BCUT2D eigenvalue weighted by atomic mass is 16.5. The molecule has 1 N–H and O–H groups in total. The maximum absolute atomic E-state index is 5.48. The van der Waals surface area contributed by atoms with Crippen LogP contribution in [0.15, 0.2) is 12.4 Å². The van der Waals surface area contributed by atoms with Crippen molar-refractivity contribution in [3.05, 3.63) is 29.3 Å². The van der Waals surface area contributed by atoms with Crippen LogP contribution in [-0.4, -0.2) is 33.7 Å². The van der Waals surface area contributed by atoms with Gasteiger partial charge in [0.05, 0.1) is 25.5 Å². The Morgan fingerprint density at radius 3 is 2.40 bits per heavy atom. The normalized spacial score (nSPS) is 12.9. The average Bonchev–Trinajstić information content (AvgIpc) is 2.98. The molecule has 0 aliphatic carbocycles. The van der Waals surface area contributed by atoms with Crippen LogP contribution in [0.5, 0.6) is 5.75 Å². The molecule has 1 atom stereocenters. The molecule has 20 heavy (non-hydrogen) atoms. The molecule has 0 saturated heterocycles. The fourth-order valence-electron chi connectivity index (χ4n) is 2.44. The number of nitrogens with one attached hydrogen (secondary N) is 1. The average molecular weight is 277 g/mol. The Kier molecular flexibility index (Phi) is 4.13. The minimum atomic E-state index is 0.00329. The summed E-state index contributed by atoms with van der Waals surface area (Å²) in [5.74, 6) is 0.793. The van der Waals surface area contributed by atoms with Crippen LogP contribution in [0.1, 0.15) is 42.9 Å². The molecule has 0 bridgehead atoms. The molecule has 0 aliphatic rings. The molecule has 2 aromatic rings. The summed E-state index contributed by atoms with van der Waals surface area (Å²) < 4.78 is 9.35. The van der Waals surface area contributed by atoms with Gasteiger partial charge < -0.3 is 10.1 Å². The largest absolute Gasteiger partial charge is 0.493 e. The zero-order chi connectivity index (χ0) is 14.9. The molecule has 2 rings (SSSR count). The Labute approximate surface area is 119 Å². The van der Waals surface area contributed by atoms with E-state index in [9.17, 15) is 0 Å². The lowest BCUT2D eigenvalue weighted by Crippen LogP contribution is -2.23. The fraction of sp³-hybridized carbons (Fsp3) is 0.571. The minimum absolute atomic E-state index is 0.00329. The summed E-state index contributed by atoms with van der Waals surface area (Å²) in [6, 6.07) is 0.269. The Hall–Kier alpha value is -1.82. The first-order chi connectivity index (χ1) is 9.51. The van der Waals surface area contributed by atoms with Crippen LogP contribution >= 0.6 is 0 Å². The summed E-state index contributed by atoms with van der Waals surface area (Å²) in [5, 5.41) is 12.1. The van der Waals surface area contributed by atoms with E-state index in [1.165, 1.54) is 0 Å². The highest BCUT2D eigenvalue weighted by Gasteiger charge is 2.26. The van der Waals surface area contributed by atoms with E-state index in [2.05, 4.69) is 36.3 Å². The highest BCUT2D eigenvalue weighted by Crippen LogP contribution is 2.32. The van der Waals surface area contributed by atoms with Crippen LogP contribution in [0, 0.1) is 6.92 Å². The van der Waals surface area contributed by atoms with Gasteiger partial charge in [-0.15, -0.1) is 0 Å². The third-order valence-corrected chi connectivity index (χ3v) is 3.65. The summed E-state index contributed by atoms with van der Waals surface area (Å²) in [6.07, 6.45) is 3.67. The van der Waals surface area contributed by atoms with Gasteiger partial charge in [-0.05, 0) is 27.8 Å². The van der Waals surface area contributed by atoms with Crippen LogP contribution in [0.3, 0.4) is 0 Å². The Morgan fingerprint density at radius 2 is 1.95 bits per heavy atom. The summed E-state index contributed by atoms with van der Waals surface area (Å²) >= 11 is 0. The molecule has 0 aromatic carbocycles. The number of methoxy groups -OCH3 is 1. The van der Waals surface area contributed by atoms with Crippen molar-refractivity contribution in [2.24, 2.45) is 7.05 Å². The smallest absolute Gasteiger partial charge is 0.161 e. The Bertz CT molecular complexity index is 584. The number of hydrogen-bond acceptors (Lipinski definition) is 4. The van der Waals surface area contributed by atoms with Gasteiger partial charge in [0.2, 0.25) is 0 Å². The summed E-state index contributed by atoms with van der Waals surface area (Å²) in [7, 11) is 5.56.